The maximum atomic E-state index is 12.6. The number of ether oxygens (including phenoxy) is 1. The molecule has 0 unspecified atom stereocenters. The number of anilines is 1. The predicted molar refractivity (Wildman–Crippen MR) is 112 cm³/mol. The average Bonchev–Trinajstić information content (AvgIpc) is 2.75. The van der Waals surface area contributed by atoms with Crippen LogP contribution in [0.25, 0.3) is 0 Å². The van der Waals surface area contributed by atoms with E-state index in [1.165, 1.54) is 11.4 Å². The van der Waals surface area contributed by atoms with E-state index in [0.717, 1.165) is 5.56 Å². The standard InChI is InChI=1S/C22H22N2O4S/c1-24(29(26,27)21-9-4-3-5-10-21)16-17-11-13-18(14-12-17)22(25)23-19-7-6-8-20(15-19)28-2/h3-15H,16H2,1-2H3,(H,23,25). The van der Waals surface area contributed by atoms with Crippen LogP contribution < -0.4 is 10.1 Å². The van der Waals surface area contributed by atoms with Crippen molar-refractivity contribution >= 4 is 21.6 Å². The van der Waals surface area contributed by atoms with Crippen molar-refractivity contribution in [3.05, 3.63) is 90.0 Å². The Hall–Kier alpha value is -3.16. The van der Waals surface area contributed by atoms with Crippen LogP contribution in [-0.2, 0) is 16.6 Å². The Balaban J connectivity index is 1.67. The summed E-state index contributed by atoms with van der Waals surface area (Å²) < 4.78 is 31.7. The minimum Gasteiger partial charge on any atom is -0.497 e. The van der Waals surface area contributed by atoms with Gasteiger partial charge in [0.05, 0.1) is 12.0 Å². The van der Waals surface area contributed by atoms with Crippen molar-refractivity contribution in [3.8, 4) is 5.75 Å². The topological polar surface area (TPSA) is 75.7 Å². The maximum absolute atomic E-state index is 12.6. The van der Waals surface area contributed by atoms with Crippen LogP contribution in [0.1, 0.15) is 15.9 Å². The molecule has 0 fully saturated rings. The molecule has 3 aromatic rings. The van der Waals surface area contributed by atoms with Crippen molar-refractivity contribution in [2.75, 3.05) is 19.5 Å². The molecule has 0 heterocycles. The van der Waals surface area contributed by atoms with Crippen molar-refractivity contribution in [2.45, 2.75) is 11.4 Å². The zero-order chi connectivity index (χ0) is 20.9. The van der Waals surface area contributed by atoms with E-state index in [4.69, 9.17) is 4.74 Å². The van der Waals surface area contributed by atoms with Gasteiger partial charge in [-0.25, -0.2) is 8.42 Å². The van der Waals surface area contributed by atoms with E-state index >= 15 is 0 Å². The Labute approximate surface area is 170 Å². The molecule has 1 amide bonds. The summed E-state index contributed by atoms with van der Waals surface area (Å²) in [4.78, 5) is 12.7. The van der Waals surface area contributed by atoms with E-state index in [-0.39, 0.29) is 17.3 Å². The monoisotopic (exact) mass is 410 g/mol. The summed E-state index contributed by atoms with van der Waals surface area (Å²) >= 11 is 0. The van der Waals surface area contributed by atoms with Crippen molar-refractivity contribution in [3.63, 3.8) is 0 Å². The van der Waals surface area contributed by atoms with Gasteiger partial charge in [-0.05, 0) is 42.0 Å². The van der Waals surface area contributed by atoms with Crippen molar-refractivity contribution in [2.24, 2.45) is 0 Å². The molecular weight excluding hydrogens is 388 g/mol. The fraction of sp³-hybridized carbons (Fsp3) is 0.136. The predicted octanol–water partition coefficient (Wildman–Crippen LogP) is 3.77. The second-order valence-electron chi connectivity index (χ2n) is 6.46. The molecule has 1 N–H and O–H groups in total. The zero-order valence-corrected chi connectivity index (χ0v) is 17.0. The maximum Gasteiger partial charge on any atom is 0.255 e. The molecule has 0 radical (unpaired) electrons. The molecular formula is C22H22N2O4S. The summed E-state index contributed by atoms with van der Waals surface area (Å²) in [5, 5.41) is 2.81. The van der Waals surface area contributed by atoms with Crippen LogP contribution in [0.5, 0.6) is 5.75 Å². The first kappa shape index (κ1) is 20.6. The highest BCUT2D eigenvalue weighted by Crippen LogP contribution is 2.19. The van der Waals surface area contributed by atoms with Gasteiger partial charge >= 0.3 is 0 Å². The third kappa shape index (κ3) is 5.01. The lowest BCUT2D eigenvalue weighted by molar-refractivity contribution is 0.102. The number of rotatable bonds is 7. The van der Waals surface area contributed by atoms with Crippen LogP contribution in [0.4, 0.5) is 5.69 Å². The smallest absolute Gasteiger partial charge is 0.255 e. The highest BCUT2D eigenvalue weighted by atomic mass is 32.2. The Kier molecular flexibility index (Phi) is 6.31. The second kappa shape index (κ2) is 8.89. The van der Waals surface area contributed by atoms with Crippen LogP contribution >= 0.6 is 0 Å². The molecule has 150 valence electrons. The third-order valence-electron chi connectivity index (χ3n) is 4.40. The normalized spacial score (nSPS) is 11.3. The summed E-state index contributed by atoms with van der Waals surface area (Å²) in [7, 11) is -0.471. The van der Waals surface area contributed by atoms with Gasteiger partial charge in [-0.2, -0.15) is 4.31 Å². The first-order chi connectivity index (χ1) is 13.9. The highest BCUT2D eigenvalue weighted by Gasteiger charge is 2.20. The zero-order valence-electron chi connectivity index (χ0n) is 16.2. The highest BCUT2D eigenvalue weighted by molar-refractivity contribution is 7.89. The van der Waals surface area contributed by atoms with Crippen molar-refractivity contribution in [1.29, 1.82) is 0 Å². The quantitative estimate of drug-likeness (QED) is 0.643. The molecule has 6 nitrogen and oxygen atoms in total. The minimum absolute atomic E-state index is 0.203. The van der Waals surface area contributed by atoms with Gasteiger partial charge in [0.15, 0.2) is 0 Å². The Morgan fingerprint density at radius 3 is 2.31 bits per heavy atom. The molecule has 3 rings (SSSR count). The lowest BCUT2D eigenvalue weighted by Gasteiger charge is -2.17. The molecule has 0 atom stereocenters. The number of methoxy groups -OCH3 is 1. The molecule has 0 aliphatic carbocycles. The van der Waals surface area contributed by atoms with Gasteiger partial charge < -0.3 is 10.1 Å². The Bertz CT molecular complexity index is 1080. The lowest BCUT2D eigenvalue weighted by Crippen LogP contribution is -2.26. The fourth-order valence-electron chi connectivity index (χ4n) is 2.78. The van der Waals surface area contributed by atoms with Crippen LogP contribution in [0.15, 0.2) is 83.8 Å². The number of sulfonamides is 1. The average molecular weight is 410 g/mol. The van der Waals surface area contributed by atoms with E-state index in [9.17, 15) is 13.2 Å². The summed E-state index contributed by atoms with van der Waals surface area (Å²) in [6.07, 6.45) is 0. The van der Waals surface area contributed by atoms with E-state index in [1.807, 2.05) is 0 Å². The number of hydrogen-bond acceptors (Lipinski definition) is 4. The summed E-state index contributed by atoms with van der Waals surface area (Å²) in [6.45, 7) is 0.203. The Morgan fingerprint density at radius 1 is 0.966 bits per heavy atom. The fourth-order valence-corrected chi connectivity index (χ4v) is 3.96. The SMILES string of the molecule is COc1cccc(NC(=O)c2ccc(CN(C)S(=O)(=O)c3ccccc3)cc2)c1. The van der Waals surface area contributed by atoms with Crippen LogP contribution in [-0.4, -0.2) is 32.8 Å². The molecule has 0 saturated heterocycles. The molecule has 0 aliphatic heterocycles. The molecule has 0 spiro atoms. The third-order valence-corrected chi connectivity index (χ3v) is 6.22. The van der Waals surface area contributed by atoms with Crippen LogP contribution in [0.3, 0.4) is 0 Å². The molecule has 0 bridgehead atoms. The lowest BCUT2D eigenvalue weighted by atomic mass is 10.1. The largest absolute Gasteiger partial charge is 0.497 e. The first-order valence-electron chi connectivity index (χ1n) is 8.96. The number of nitrogens with one attached hydrogen (secondary N) is 1. The van der Waals surface area contributed by atoms with Crippen molar-refractivity contribution < 1.29 is 17.9 Å². The van der Waals surface area contributed by atoms with Gasteiger partial charge in [0.25, 0.3) is 5.91 Å². The molecule has 0 aliphatic rings. The number of carbonyl (C=O) groups excluding carboxylic acids is 1. The van der Waals surface area contributed by atoms with Gasteiger partial charge in [-0.3, -0.25) is 4.79 Å². The minimum atomic E-state index is -3.57. The first-order valence-corrected chi connectivity index (χ1v) is 10.4. The summed E-state index contributed by atoms with van der Waals surface area (Å²) in [5.41, 5.74) is 1.89. The summed E-state index contributed by atoms with van der Waals surface area (Å²) in [5.74, 6) is 0.399. The summed E-state index contributed by atoms with van der Waals surface area (Å²) in [6, 6.07) is 22.2. The number of benzene rings is 3. The molecule has 0 aromatic heterocycles. The van der Waals surface area contributed by atoms with Gasteiger partial charge in [-0.1, -0.05) is 36.4 Å². The second-order valence-corrected chi connectivity index (χ2v) is 8.50. The van der Waals surface area contributed by atoms with Gasteiger partial charge in [0.2, 0.25) is 10.0 Å². The van der Waals surface area contributed by atoms with Crippen LogP contribution in [0.2, 0.25) is 0 Å². The molecule has 29 heavy (non-hydrogen) atoms. The van der Waals surface area contributed by atoms with E-state index < -0.39 is 10.0 Å². The number of hydrogen-bond donors (Lipinski definition) is 1. The number of amides is 1. The van der Waals surface area contributed by atoms with Gasteiger partial charge in [0.1, 0.15) is 5.75 Å². The van der Waals surface area contributed by atoms with E-state index in [1.54, 1.807) is 86.0 Å². The molecule has 0 saturated carbocycles. The van der Waals surface area contributed by atoms with Crippen molar-refractivity contribution in [1.82, 2.24) is 4.31 Å². The Morgan fingerprint density at radius 2 is 1.66 bits per heavy atom. The van der Waals surface area contributed by atoms with E-state index in [0.29, 0.717) is 17.0 Å². The molecule has 3 aromatic carbocycles. The number of carbonyl (C=O) groups is 1. The van der Waals surface area contributed by atoms with E-state index in [2.05, 4.69) is 5.32 Å². The molecule has 7 heteroatoms. The van der Waals surface area contributed by atoms with Crippen LogP contribution in [0, 0.1) is 0 Å². The number of nitrogens with zero attached hydrogens (tertiary/aromatic N) is 1. The van der Waals surface area contributed by atoms with Gasteiger partial charge in [0, 0.05) is 30.9 Å². The van der Waals surface area contributed by atoms with Gasteiger partial charge in [-0.15, -0.1) is 0 Å².